The predicted molar refractivity (Wildman–Crippen MR) is 31.9 cm³/mol. The fourth-order valence-corrected chi connectivity index (χ4v) is 0.357. The van der Waals surface area contributed by atoms with Crippen LogP contribution < -0.4 is 0 Å². The van der Waals surface area contributed by atoms with Gasteiger partial charge in [-0.15, -0.1) is 6.42 Å². The van der Waals surface area contributed by atoms with Gasteiger partial charge in [-0.1, -0.05) is 5.92 Å². The molecule has 50 valence electrons. The Kier molecular flexibility index (Phi) is 3.49. The Labute approximate surface area is 53.6 Å². The molecule has 0 heterocycles. The Bertz CT molecular complexity index is 134. The first-order valence-electron chi connectivity index (χ1n) is 2.53. The highest BCUT2D eigenvalue weighted by Gasteiger charge is 2.11. The lowest BCUT2D eigenvalue weighted by atomic mass is 10.4. The van der Waals surface area contributed by atoms with E-state index < -0.39 is 12.1 Å². The van der Waals surface area contributed by atoms with E-state index >= 15 is 0 Å². The Morgan fingerprint density at radius 2 is 2.56 bits per heavy atom. The van der Waals surface area contributed by atoms with Crippen LogP contribution in [0.2, 0.25) is 0 Å². The molecule has 3 heteroatoms. The number of hydrogen-bond acceptors (Lipinski definition) is 2. The van der Waals surface area contributed by atoms with Gasteiger partial charge >= 0.3 is 5.97 Å². The summed E-state index contributed by atoms with van der Waals surface area (Å²) in [5, 5.41) is 8.24. The fourth-order valence-electron chi connectivity index (χ4n) is 0.357. The standard InChI is InChI=1S/C6H8O3/c1-3-5(6(7)8)9-4-2/h1,5H,4H2,2H3,(H,7,8). The summed E-state index contributed by atoms with van der Waals surface area (Å²) in [5.41, 5.74) is 0. The van der Waals surface area contributed by atoms with Crippen LogP contribution in [0.15, 0.2) is 0 Å². The molecular weight excluding hydrogens is 120 g/mol. The van der Waals surface area contributed by atoms with E-state index in [1.54, 1.807) is 6.92 Å². The van der Waals surface area contributed by atoms with E-state index in [-0.39, 0.29) is 0 Å². The zero-order valence-corrected chi connectivity index (χ0v) is 5.13. The molecule has 0 spiro atoms. The average molecular weight is 128 g/mol. The van der Waals surface area contributed by atoms with Gasteiger partial charge in [0.25, 0.3) is 0 Å². The van der Waals surface area contributed by atoms with Gasteiger partial charge in [0.2, 0.25) is 6.10 Å². The van der Waals surface area contributed by atoms with Gasteiger partial charge in [0.15, 0.2) is 0 Å². The zero-order valence-electron chi connectivity index (χ0n) is 5.13. The maximum absolute atomic E-state index is 10.1. The molecule has 0 aliphatic heterocycles. The van der Waals surface area contributed by atoms with Gasteiger partial charge in [0.1, 0.15) is 0 Å². The molecule has 1 atom stereocenters. The van der Waals surface area contributed by atoms with E-state index in [1.807, 2.05) is 5.92 Å². The molecule has 0 radical (unpaired) electrons. The van der Waals surface area contributed by atoms with Crippen molar-refractivity contribution < 1.29 is 14.6 Å². The number of carboxylic acid groups (broad SMARTS) is 1. The van der Waals surface area contributed by atoms with Crippen molar-refractivity contribution in [3.05, 3.63) is 0 Å². The molecule has 9 heavy (non-hydrogen) atoms. The highest BCUT2D eigenvalue weighted by atomic mass is 16.5. The van der Waals surface area contributed by atoms with Gasteiger partial charge in [-0.2, -0.15) is 0 Å². The van der Waals surface area contributed by atoms with Crippen LogP contribution >= 0.6 is 0 Å². The van der Waals surface area contributed by atoms with E-state index in [2.05, 4.69) is 4.74 Å². The number of aliphatic carboxylic acids is 1. The van der Waals surface area contributed by atoms with Crippen molar-refractivity contribution in [1.29, 1.82) is 0 Å². The molecule has 0 amide bonds. The maximum Gasteiger partial charge on any atom is 0.345 e. The summed E-state index contributed by atoms with van der Waals surface area (Å²) in [7, 11) is 0. The van der Waals surface area contributed by atoms with Crippen LogP contribution in [-0.4, -0.2) is 23.8 Å². The SMILES string of the molecule is C#CC(OCC)C(=O)O. The summed E-state index contributed by atoms with van der Waals surface area (Å²) in [4.78, 5) is 10.1. The topological polar surface area (TPSA) is 46.5 Å². The second-order valence-electron chi connectivity index (χ2n) is 1.34. The third kappa shape index (κ3) is 2.73. The number of hydrogen-bond donors (Lipinski definition) is 1. The van der Waals surface area contributed by atoms with Crippen LogP contribution in [0.4, 0.5) is 0 Å². The van der Waals surface area contributed by atoms with Crippen molar-refractivity contribution in [3.63, 3.8) is 0 Å². The maximum atomic E-state index is 10.1. The third-order valence-electron chi connectivity index (χ3n) is 0.709. The minimum Gasteiger partial charge on any atom is -0.479 e. The van der Waals surface area contributed by atoms with E-state index in [1.165, 1.54) is 0 Å². The van der Waals surface area contributed by atoms with E-state index in [0.717, 1.165) is 0 Å². The second kappa shape index (κ2) is 3.93. The van der Waals surface area contributed by atoms with Gasteiger partial charge in [-0.05, 0) is 6.92 Å². The summed E-state index contributed by atoms with van der Waals surface area (Å²) in [5.74, 6) is 0.869. The highest BCUT2D eigenvalue weighted by molar-refractivity contribution is 5.75. The molecule has 3 nitrogen and oxygen atoms in total. The first-order chi connectivity index (χ1) is 4.22. The number of carbonyl (C=O) groups is 1. The quantitative estimate of drug-likeness (QED) is 0.549. The average Bonchev–Trinajstić information content (AvgIpc) is 1.82. The second-order valence-corrected chi connectivity index (χ2v) is 1.34. The molecule has 0 saturated heterocycles. The highest BCUT2D eigenvalue weighted by Crippen LogP contribution is 1.87. The van der Waals surface area contributed by atoms with E-state index in [4.69, 9.17) is 11.5 Å². The van der Waals surface area contributed by atoms with Crippen LogP contribution in [0, 0.1) is 12.3 Å². The van der Waals surface area contributed by atoms with Gasteiger partial charge in [0, 0.05) is 6.61 Å². The van der Waals surface area contributed by atoms with Gasteiger partial charge in [-0.3, -0.25) is 0 Å². The van der Waals surface area contributed by atoms with Crippen molar-refractivity contribution in [1.82, 2.24) is 0 Å². The van der Waals surface area contributed by atoms with Crippen LogP contribution in [0.1, 0.15) is 6.92 Å². The zero-order chi connectivity index (χ0) is 7.28. The van der Waals surface area contributed by atoms with Crippen LogP contribution in [0.25, 0.3) is 0 Å². The Hall–Kier alpha value is -1.01. The van der Waals surface area contributed by atoms with Crippen molar-refractivity contribution in [2.75, 3.05) is 6.61 Å². The van der Waals surface area contributed by atoms with E-state index in [0.29, 0.717) is 6.61 Å². The van der Waals surface area contributed by atoms with Gasteiger partial charge in [0.05, 0.1) is 0 Å². The van der Waals surface area contributed by atoms with Crippen LogP contribution in [0.5, 0.6) is 0 Å². The number of rotatable bonds is 3. The van der Waals surface area contributed by atoms with Crippen molar-refractivity contribution in [2.45, 2.75) is 13.0 Å². The Morgan fingerprint density at radius 3 is 2.67 bits per heavy atom. The van der Waals surface area contributed by atoms with Crippen molar-refractivity contribution in [3.8, 4) is 12.3 Å². The summed E-state index contributed by atoms with van der Waals surface area (Å²) in [6, 6.07) is 0. The first-order valence-corrected chi connectivity index (χ1v) is 2.53. The molecule has 0 rings (SSSR count). The summed E-state index contributed by atoms with van der Waals surface area (Å²) in [6.07, 6.45) is 3.72. The lowest BCUT2D eigenvalue weighted by Gasteiger charge is -2.02. The number of ether oxygens (including phenoxy) is 1. The van der Waals surface area contributed by atoms with Crippen molar-refractivity contribution >= 4 is 5.97 Å². The molecule has 0 aliphatic carbocycles. The molecule has 0 aromatic heterocycles. The first kappa shape index (κ1) is 7.99. The molecule has 0 saturated carbocycles. The molecule has 0 aromatic rings. The fraction of sp³-hybridized carbons (Fsp3) is 0.500. The minimum absolute atomic E-state index is 0.321. The molecule has 1 N–H and O–H groups in total. The van der Waals surface area contributed by atoms with Gasteiger partial charge in [-0.25, -0.2) is 4.79 Å². The summed E-state index contributed by atoms with van der Waals surface area (Å²) >= 11 is 0. The van der Waals surface area contributed by atoms with Crippen molar-refractivity contribution in [2.24, 2.45) is 0 Å². The minimum atomic E-state index is -1.11. The normalized spacial score (nSPS) is 12.0. The lowest BCUT2D eigenvalue weighted by molar-refractivity contribution is -0.146. The van der Waals surface area contributed by atoms with Crippen LogP contribution in [-0.2, 0) is 9.53 Å². The summed E-state index contributed by atoms with van der Waals surface area (Å²) < 4.78 is 4.62. The Balaban J connectivity index is 3.72. The molecule has 0 bridgehead atoms. The Morgan fingerprint density at radius 1 is 2.00 bits per heavy atom. The predicted octanol–water partition coefficient (Wildman–Crippen LogP) is 0.109. The molecule has 1 unspecified atom stereocenters. The monoisotopic (exact) mass is 128 g/mol. The number of terminal acetylenes is 1. The lowest BCUT2D eigenvalue weighted by Crippen LogP contribution is -2.21. The molecule has 0 aliphatic rings. The molecular formula is C6H8O3. The molecule has 0 aromatic carbocycles. The third-order valence-corrected chi connectivity index (χ3v) is 0.709. The number of carboxylic acids is 1. The smallest absolute Gasteiger partial charge is 0.345 e. The largest absolute Gasteiger partial charge is 0.479 e. The van der Waals surface area contributed by atoms with Gasteiger partial charge < -0.3 is 9.84 Å². The van der Waals surface area contributed by atoms with Crippen LogP contribution in [0.3, 0.4) is 0 Å². The molecule has 0 fully saturated rings. The summed E-state index contributed by atoms with van der Waals surface area (Å²) in [6.45, 7) is 2.01. The van der Waals surface area contributed by atoms with E-state index in [9.17, 15) is 4.79 Å².